The number of nitrogens with one attached hydrogen (secondary N) is 1. The number of carbonyl (C=O) groups excluding carboxylic acids is 2. The Morgan fingerprint density at radius 1 is 1.14 bits per heavy atom. The van der Waals surface area contributed by atoms with E-state index in [2.05, 4.69) is 5.32 Å². The fourth-order valence-corrected chi connectivity index (χ4v) is 5.98. The quantitative estimate of drug-likeness (QED) is 0.899. The molecule has 0 unspecified atom stereocenters. The summed E-state index contributed by atoms with van der Waals surface area (Å²) in [5, 5.41) is 3.76. The zero-order valence-electron chi connectivity index (χ0n) is 12.7. The summed E-state index contributed by atoms with van der Waals surface area (Å²) in [6, 6.07) is 0. The molecule has 0 spiro atoms. The molecule has 3 aliphatic rings. The molecule has 4 nitrogen and oxygen atoms in total. The summed E-state index contributed by atoms with van der Waals surface area (Å²) in [7, 11) is 0. The maximum Gasteiger partial charge on any atom is 0.251 e. The van der Waals surface area contributed by atoms with E-state index in [4.69, 9.17) is 5.73 Å². The Kier molecular flexibility index (Phi) is 3.48. The van der Waals surface area contributed by atoms with Crippen molar-refractivity contribution in [2.75, 3.05) is 5.32 Å². The molecule has 1 heterocycles. The van der Waals surface area contributed by atoms with E-state index in [0.29, 0.717) is 16.5 Å². The first-order valence-corrected chi connectivity index (χ1v) is 9.20. The van der Waals surface area contributed by atoms with Gasteiger partial charge in [0.1, 0.15) is 5.00 Å². The van der Waals surface area contributed by atoms with Crippen LogP contribution in [0.3, 0.4) is 0 Å². The van der Waals surface area contributed by atoms with Crippen LogP contribution >= 0.6 is 11.3 Å². The summed E-state index contributed by atoms with van der Waals surface area (Å²) in [5.74, 6) is 1.14. The van der Waals surface area contributed by atoms with E-state index in [-0.39, 0.29) is 11.8 Å². The van der Waals surface area contributed by atoms with Gasteiger partial charge in [0.15, 0.2) is 0 Å². The van der Waals surface area contributed by atoms with Crippen molar-refractivity contribution in [3.63, 3.8) is 0 Å². The number of thiophene rings is 1. The Balaban J connectivity index is 1.58. The lowest BCUT2D eigenvalue weighted by molar-refractivity contribution is -0.121. The highest BCUT2D eigenvalue weighted by atomic mass is 32.1. The molecule has 3 aliphatic carbocycles. The van der Waals surface area contributed by atoms with Crippen LogP contribution in [0.15, 0.2) is 0 Å². The monoisotopic (exact) mass is 318 g/mol. The minimum Gasteiger partial charge on any atom is -0.365 e. The molecule has 2 bridgehead atoms. The predicted molar refractivity (Wildman–Crippen MR) is 87.0 cm³/mol. The lowest BCUT2D eigenvalue weighted by Crippen LogP contribution is -2.28. The fraction of sp³-hybridized carbons (Fsp3) is 0.647. The van der Waals surface area contributed by atoms with Gasteiger partial charge in [0, 0.05) is 10.8 Å². The van der Waals surface area contributed by atoms with Gasteiger partial charge in [-0.1, -0.05) is 6.42 Å². The van der Waals surface area contributed by atoms with Crippen LogP contribution in [0.5, 0.6) is 0 Å². The van der Waals surface area contributed by atoms with Crippen molar-refractivity contribution in [3.8, 4) is 0 Å². The minimum absolute atomic E-state index is 0.105. The highest BCUT2D eigenvalue weighted by molar-refractivity contribution is 7.17. The van der Waals surface area contributed by atoms with E-state index in [1.54, 1.807) is 11.3 Å². The van der Waals surface area contributed by atoms with E-state index in [9.17, 15) is 9.59 Å². The molecule has 1 aromatic rings. The highest BCUT2D eigenvalue weighted by Crippen LogP contribution is 2.49. The van der Waals surface area contributed by atoms with Crippen LogP contribution in [0.4, 0.5) is 5.00 Å². The molecule has 2 amide bonds. The molecule has 0 saturated heterocycles. The van der Waals surface area contributed by atoms with Gasteiger partial charge in [-0.3, -0.25) is 9.59 Å². The zero-order chi connectivity index (χ0) is 15.3. The first-order valence-electron chi connectivity index (χ1n) is 8.38. The molecular formula is C17H22N2O2S. The molecule has 0 aromatic carbocycles. The summed E-state index contributed by atoms with van der Waals surface area (Å²) in [6.45, 7) is 0. The third-order valence-corrected chi connectivity index (χ3v) is 6.94. The van der Waals surface area contributed by atoms with Crippen molar-refractivity contribution in [2.24, 2.45) is 23.5 Å². The molecule has 0 aliphatic heterocycles. The lowest BCUT2D eigenvalue weighted by atomic mass is 9.88. The van der Waals surface area contributed by atoms with Gasteiger partial charge in [0.05, 0.1) is 5.56 Å². The number of carbonyl (C=O) groups is 2. The first kappa shape index (κ1) is 14.2. The third-order valence-electron chi connectivity index (χ3n) is 5.73. The van der Waals surface area contributed by atoms with Crippen LogP contribution in [0.1, 0.15) is 59.3 Å². The molecule has 1 aromatic heterocycles. The number of hydrogen-bond acceptors (Lipinski definition) is 3. The lowest BCUT2D eigenvalue weighted by Gasteiger charge is -2.20. The van der Waals surface area contributed by atoms with Crippen molar-refractivity contribution in [3.05, 3.63) is 16.0 Å². The smallest absolute Gasteiger partial charge is 0.251 e. The summed E-state index contributed by atoms with van der Waals surface area (Å²) in [5.41, 5.74) is 7.26. The number of amides is 2. The topological polar surface area (TPSA) is 72.2 Å². The number of primary amides is 1. The largest absolute Gasteiger partial charge is 0.365 e. The Morgan fingerprint density at radius 3 is 2.64 bits per heavy atom. The number of nitrogens with two attached hydrogens (primary N) is 1. The van der Waals surface area contributed by atoms with Crippen LogP contribution in [-0.4, -0.2) is 11.8 Å². The van der Waals surface area contributed by atoms with Crippen molar-refractivity contribution >= 4 is 28.2 Å². The minimum atomic E-state index is -0.400. The molecule has 0 radical (unpaired) electrons. The first-order chi connectivity index (χ1) is 10.6. The maximum atomic E-state index is 12.6. The molecule has 4 rings (SSSR count). The molecule has 2 fully saturated rings. The second kappa shape index (κ2) is 5.37. The molecule has 22 heavy (non-hydrogen) atoms. The van der Waals surface area contributed by atoms with Gasteiger partial charge in [0.25, 0.3) is 5.91 Å². The number of rotatable bonds is 3. The second-order valence-corrected chi connectivity index (χ2v) is 8.16. The summed E-state index contributed by atoms with van der Waals surface area (Å²) >= 11 is 1.56. The maximum absolute atomic E-state index is 12.6. The van der Waals surface area contributed by atoms with Gasteiger partial charge in [-0.2, -0.15) is 0 Å². The van der Waals surface area contributed by atoms with Crippen molar-refractivity contribution in [2.45, 2.75) is 51.4 Å². The molecular weight excluding hydrogens is 296 g/mol. The van der Waals surface area contributed by atoms with Crippen LogP contribution in [-0.2, 0) is 17.6 Å². The van der Waals surface area contributed by atoms with Crippen LogP contribution in [0.25, 0.3) is 0 Å². The second-order valence-electron chi connectivity index (χ2n) is 7.05. The molecule has 3 N–H and O–H groups in total. The van der Waals surface area contributed by atoms with Gasteiger partial charge >= 0.3 is 0 Å². The molecule has 118 valence electrons. The average Bonchev–Trinajstić information content (AvgIpc) is 3.19. The summed E-state index contributed by atoms with van der Waals surface area (Å²) in [6.07, 6.45) is 8.88. The number of fused-ring (bicyclic) bond motifs is 3. The number of anilines is 1. The van der Waals surface area contributed by atoms with Gasteiger partial charge in [-0.05, 0) is 62.3 Å². The van der Waals surface area contributed by atoms with Gasteiger partial charge in [-0.15, -0.1) is 11.3 Å². The SMILES string of the molecule is NC(=O)c1c(NC(=O)[C@H]2C[C@H]3CC[C@H]2C3)sc2c1CCCC2. The Morgan fingerprint density at radius 2 is 1.95 bits per heavy atom. The molecule has 3 atom stereocenters. The predicted octanol–water partition coefficient (Wildman–Crippen LogP) is 3.10. The van der Waals surface area contributed by atoms with Crippen molar-refractivity contribution < 1.29 is 9.59 Å². The van der Waals surface area contributed by atoms with E-state index in [1.807, 2.05) is 0 Å². The summed E-state index contributed by atoms with van der Waals surface area (Å²) in [4.78, 5) is 25.7. The standard InChI is InChI=1S/C17H22N2O2S/c18-15(20)14-11-3-1-2-4-13(11)22-17(14)19-16(21)12-8-9-5-6-10(12)7-9/h9-10,12H,1-8H2,(H2,18,20)(H,19,21)/t9-,10-,12-/m0/s1. The Hall–Kier alpha value is -1.36. The normalized spacial score (nSPS) is 29.4. The van der Waals surface area contributed by atoms with Crippen LogP contribution in [0, 0.1) is 17.8 Å². The highest BCUT2D eigenvalue weighted by Gasteiger charge is 2.43. The Bertz CT molecular complexity index is 637. The Labute approximate surface area is 134 Å². The van der Waals surface area contributed by atoms with Crippen LogP contribution < -0.4 is 11.1 Å². The van der Waals surface area contributed by atoms with E-state index in [0.717, 1.165) is 43.6 Å². The van der Waals surface area contributed by atoms with E-state index >= 15 is 0 Å². The van der Waals surface area contributed by atoms with Crippen LogP contribution in [0.2, 0.25) is 0 Å². The van der Waals surface area contributed by atoms with E-state index in [1.165, 1.54) is 24.1 Å². The fourth-order valence-electron chi connectivity index (χ4n) is 4.69. The van der Waals surface area contributed by atoms with E-state index < -0.39 is 5.91 Å². The number of aryl methyl sites for hydroxylation is 1. The van der Waals surface area contributed by atoms with Crippen molar-refractivity contribution in [1.82, 2.24) is 0 Å². The van der Waals surface area contributed by atoms with Gasteiger partial charge in [0.2, 0.25) is 5.91 Å². The van der Waals surface area contributed by atoms with Gasteiger partial charge < -0.3 is 11.1 Å². The van der Waals surface area contributed by atoms with Gasteiger partial charge in [-0.25, -0.2) is 0 Å². The third kappa shape index (κ3) is 2.26. The van der Waals surface area contributed by atoms with Crippen molar-refractivity contribution in [1.29, 1.82) is 0 Å². The average molecular weight is 318 g/mol. The zero-order valence-corrected chi connectivity index (χ0v) is 13.5. The summed E-state index contributed by atoms with van der Waals surface area (Å²) < 4.78 is 0. The molecule has 5 heteroatoms. The molecule has 2 saturated carbocycles. The number of hydrogen-bond donors (Lipinski definition) is 2.